The molecule has 0 atom stereocenters. The summed E-state index contributed by atoms with van der Waals surface area (Å²) in [5, 5.41) is 0. The number of aryl methyl sites for hydroxylation is 3. The van der Waals surface area contributed by atoms with E-state index in [1.54, 1.807) is 0 Å². The summed E-state index contributed by atoms with van der Waals surface area (Å²) in [6.07, 6.45) is 3.02. The fourth-order valence-electron chi connectivity index (χ4n) is 6.01. The molecular weight excluding hydrogens is 452 g/mol. The van der Waals surface area contributed by atoms with E-state index in [9.17, 15) is 0 Å². The third-order valence-electron chi connectivity index (χ3n) is 7.89. The number of imidazole rings is 2. The van der Waals surface area contributed by atoms with E-state index in [0.717, 1.165) is 59.6 Å². The molecule has 4 heteroatoms. The topological polar surface area (TPSA) is 35.6 Å². The van der Waals surface area contributed by atoms with Gasteiger partial charge in [-0.1, -0.05) is 61.5 Å². The van der Waals surface area contributed by atoms with E-state index in [4.69, 9.17) is 9.97 Å². The summed E-state index contributed by atoms with van der Waals surface area (Å²) in [6.45, 7) is 5.24. The van der Waals surface area contributed by atoms with Crippen molar-refractivity contribution in [3.63, 3.8) is 0 Å². The van der Waals surface area contributed by atoms with Gasteiger partial charge in [0.05, 0.1) is 22.1 Å². The minimum Gasteiger partial charge on any atom is -0.327 e. The van der Waals surface area contributed by atoms with E-state index in [1.165, 1.54) is 38.9 Å². The molecule has 182 valence electrons. The SMILES string of the molecule is CCCc1nc2c(C)cc(-c3nc4ccccc4n3C)cc2n1Cc1ccc2cc1Cc1ccccc1-2. The number of aromatic nitrogens is 4. The molecule has 0 saturated carbocycles. The molecule has 0 N–H and O–H groups in total. The maximum atomic E-state index is 5.16. The van der Waals surface area contributed by atoms with Crippen molar-refractivity contribution < 1.29 is 0 Å². The van der Waals surface area contributed by atoms with Gasteiger partial charge in [0, 0.05) is 25.6 Å². The molecular formula is C33H30N4. The van der Waals surface area contributed by atoms with Crippen molar-refractivity contribution >= 4 is 22.1 Å². The van der Waals surface area contributed by atoms with Crippen LogP contribution in [0.1, 0.15) is 41.4 Å². The smallest absolute Gasteiger partial charge is 0.140 e. The summed E-state index contributed by atoms with van der Waals surface area (Å²) >= 11 is 0. The largest absolute Gasteiger partial charge is 0.327 e. The second kappa shape index (κ2) is 8.45. The number of nitrogens with zero attached hydrogens (tertiary/aromatic N) is 4. The van der Waals surface area contributed by atoms with E-state index in [1.807, 2.05) is 0 Å². The van der Waals surface area contributed by atoms with Gasteiger partial charge in [-0.05, 0) is 77.4 Å². The second-order valence-corrected chi connectivity index (χ2v) is 10.3. The number of benzene rings is 4. The minimum atomic E-state index is 0.828. The standard InChI is InChI=1S/C33H30N4/c1-4-9-31-35-32-21(2)16-26(33-34-28-12-7-8-13-29(28)36(33)3)19-30(32)37(31)20-24-15-14-23-18-25(24)17-22-10-5-6-11-27(22)23/h5-8,10-16,18-19H,4,9,17,20H2,1-3H3. The first kappa shape index (κ1) is 22.1. The molecule has 6 aromatic rings. The van der Waals surface area contributed by atoms with E-state index in [-0.39, 0.29) is 0 Å². The maximum absolute atomic E-state index is 5.16. The molecule has 2 heterocycles. The second-order valence-electron chi connectivity index (χ2n) is 10.3. The van der Waals surface area contributed by atoms with Crippen LogP contribution in [0.25, 0.3) is 44.6 Å². The third-order valence-corrected chi connectivity index (χ3v) is 7.89. The van der Waals surface area contributed by atoms with Crippen molar-refractivity contribution in [3.05, 3.63) is 107 Å². The van der Waals surface area contributed by atoms with Gasteiger partial charge in [0.15, 0.2) is 0 Å². The summed E-state index contributed by atoms with van der Waals surface area (Å²) in [5.41, 5.74) is 13.7. The van der Waals surface area contributed by atoms with E-state index < -0.39 is 0 Å². The Hall–Kier alpha value is -4.18. The molecule has 1 aliphatic rings. The maximum Gasteiger partial charge on any atom is 0.140 e. The Labute approximate surface area is 217 Å². The summed E-state index contributed by atoms with van der Waals surface area (Å²) in [6, 6.07) is 28.7. The fourth-order valence-corrected chi connectivity index (χ4v) is 6.01. The molecule has 0 amide bonds. The molecule has 37 heavy (non-hydrogen) atoms. The lowest BCUT2D eigenvalue weighted by atomic mass is 9.86. The number of hydrogen-bond donors (Lipinski definition) is 0. The zero-order valence-electron chi connectivity index (χ0n) is 21.6. The Morgan fingerprint density at radius 3 is 2.51 bits per heavy atom. The van der Waals surface area contributed by atoms with Gasteiger partial charge < -0.3 is 9.13 Å². The van der Waals surface area contributed by atoms with Crippen LogP contribution in [0.2, 0.25) is 0 Å². The van der Waals surface area contributed by atoms with Crippen molar-refractivity contribution in [1.82, 2.24) is 19.1 Å². The molecule has 1 aliphatic carbocycles. The highest BCUT2D eigenvalue weighted by molar-refractivity contribution is 5.87. The number of rotatable bonds is 5. The molecule has 4 aromatic carbocycles. The Balaban J connectivity index is 1.37. The average molecular weight is 483 g/mol. The van der Waals surface area contributed by atoms with Gasteiger partial charge in [0.25, 0.3) is 0 Å². The van der Waals surface area contributed by atoms with E-state index >= 15 is 0 Å². The average Bonchev–Trinajstić information content (AvgIpc) is 3.44. The van der Waals surface area contributed by atoms with Crippen LogP contribution in [0.5, 0.6) is 0 Å². The summed E-state index contributed by atoms with van der Waals surface area (Å²) in [7, 11) is 2.11. The zero-order valence-corrected chi connectivity index (χ0v) is 21.6. The molecule has 0 saturated heterocycles. The normalized spacial score (nSPS) is 12.4. The minimum absolute atomic E-state index is 0.828. The molecule has 0 unspecified atom stereocenters. The molecule has 7 rings (SSSR count). The van der Waals surface area contributed by atoms with Crippen LogP contribution in [-0.2, 0) is 26.4 Å². The zero-order chi connectivity index (χ0) is 25.1. The first-order valence-electron chi connectivity index (χ1n) is 13.2. The molecule has 0 spiro atoms. The van der Waals surface area contributed by atoms with Crippen LogP contribution in [0.4, 0.5) is 0 Å². The van der Waals surface area contributed by atoms with Crippen molar-refractivity contribution in [2.75, 3.05) is 0 Å². The van der Waals surface area contributed by atoms with Gasteiger partial charge in [-0.3, -0.25) is 0 Å². The van der Waals surface area contributed by atoms with Crippen LogP contribution in [0.3, 0.4) is 0 Å². The lowest BCUT2D eigenvalue weighted by Gasteiger charge is -2.21. The van der Waals surface area contributed by atoms with Gasteiger partial charge in [-0.15, -0.1) is 0 Å². The van der Waals surface area contributed by atoms with Crippen LogP contribution >= 0.6 is 0 Å². The Bertz CT molecular complexity index is 1820. The first-order valence-corrected chi connectivity index (χ1v) is 13.2. The lowest BCUT2D eigenvalue weighted by molar-refractivity contribution is 0.718. The van der Waals surface area contributed by atoms with Crippen LogP contribution in [0.15, 0.2) is 78.9 Å². The van der Waals surface area contributed by atoms with Crippen molar-refractivity contribution in [2.24, 2.45) is 7.05 Å². The predicted octanol–water partition coefficient (Wildman–Crippen LogP) is 7.47. The molecule has 2 bridgehead atoms. The van der Waals surface area contributed by atoms with E-state index in [2.05, 4.69) is 109 Å². The van der Waals surface area contributed by atoms with Crippen molar-refractivity contribution in [1.29, 1.82) is 0 Å². The number of fused-ring (bicyclic) bond motifs is 6. The van der Waals surface area contributed by atoms with Gasteiger partial charge >= 0.3 is 0 Å². The Kier molecular flexibility index (Phi) is 5.03. The predicted molar refractivity (Wildman–Crippen MR) is 152 cm³/mol. The quantitative estimate of drug-likeness (QED) is 0.255. The molecule has 0 aliphatic heterocycles. The summed E-state index contributed by atoms with van der Waals surface area (Å²) in [4.78, 5) is 10.1. The number of para-hydroxylation sites is 2. The van der Waals surface area contributed by atoms with Gasteiger partial charge in [0.2, 0.25) is 0 Å². The highest BCUT2D eigenvalue weighted by Crippen LogP contribution is 2.35. The summed E-state index contributed by atoms with van der Waals surface area (Å²) in [5.74, 6) is 2.15. The van der Waals surface area contributed by atoms with Gasteiger partial charge in [-0.25, -0.2) is 9.97 Å². The Morgan fingerprint density at radius 1 is 0.811 bits per heavy atom. The molecule has 2 aromatic heterocycles. The fraction of sp³-hybridized carbons (Fsp3) is 0.212. The van der Waals surface area contributed by atoms with Crippen LogP contribution in [-0.4, -0.2) is 19.1 Å². The van der Waals surface area contributed by atoms with Crippen molar-refractivity contribution in [2.45, 2.75) is 39.7 Å². The third kappa shape index (κ3) is 3.51. The van der Waals surface area contributed by atoms with Crippen LogP contribution < -0.4 is 0 Å². The highest BCUT2D eigenvalue weighted by atomic mass is 15.1. The van der Waals surface area contributed by atoms with Gasteiger partial charge in [0.1, 0.15) is 11.6 Å². The highest BCUT2D eigenvalue weighted by Gasteiger charge is 2.20. The summed E-state index contributed by atoms with van der Waals surface area (Å²) < 4.78 is 4.65. The number of hydrogen-bond acceptors (Lipinski definition) is 2. The monoisotopic (exact) mass is 482 g/mol. The molecule has 0 fully saturated rings. The van der Waals surface area contributed by atoms with Crippen molar-refractivity contribution in [3.8, 4) is 22.5 Å². The molecule has 0 radical (unpaired) electrons. The van der Waals surface area contributed by atoms with Gasteiger partial charge in [-0.2, -0.15) is 0 Å². The Morgan fingerprint density at radius 2 is 1.65 bits per heavy atom. The van der Waals surface area contributed by atoms with Crippen LogP contribution in [0, 0.1) is 6.92 Å². The first-order chi connectivity index (χ1) is 18.1. The lowest BCUT2D eigenvalue weighted by Crippen LogP contribution is -2.10. The van der Waals surface area contributed by atoms with E-state index in [0.29, 0.717) is 0 Å². The molecule has 4 nitrogen and oxygen atoms in total.